The monoisotopic (exact) mass is 296 g/mol. The molecule has 3 heteroatoms. The first kappa shape index (κ1) is 12.9. The second-order valence-corrected chi connectivity index (χ2v) is 6.13. The number of aromatic nitrogens is 1. The Kier molecular flexibility index (Phi) is 4.84. The zero-order valence-corrected chi connectivity index (χ0v) is 12.0. The third-order valence-electron chi connectivity index (χ3n) is 3.63. The summed E-state index contributed by atoms with van der Waals surface area (Å²) in [5.41, 5.74) is 0. The molecule has 2 atom stereocenters. The van der Waals surface area contributed by atoms with Crippen molar-refractivity contribution in [2.24, 2.45) is 11.8 Å². The van der Waals surface area contributed by atoms with Crippen LogP contribution < -0.4 is 5.32 Å². The van der Waals surface area contributed by atoms with Crippen molar-refractivity contribution in [2.75, 3.05) is 11.9 Å². The Labute approximate surface area is 112 Å². The minimum Gasteiger partial charge on any atom is -0.370 e. The van der Waals surface area contributed by atoms with Crippen LogP contribution in [0.5, 0.6) is 0 Å². The van der Waals surface area contributed by atoms with E-state index in [1.807, 2.05) is 18.3 Å². The van der Waals surface area contributed by atoms with Crippen LogP contribution in [0.15, 0.2) is 22.8 Å². The standard InChI is InChI=1S/C14H21BrN2/c1-11-3-2-4-12(9-11)7-8-16-14-6-5-13(15)10-17-14/h5-6,10-12H,2-4,7-9H2,1H3,(H,16,17). The minimum atomic E-state index is 0.918. The van der Waals surface area contributed by atoms with Gasteiger partial charge in [-0.1, -0.05) is 26.2 Å². The lowest BCUT2D eigenvalue weighted by Gasteiger charge is -2.26. The van der Waals surface area contributed by atoms with Gasteiger partial charge in [-0.2, -0.15) is 0 Å². The van der Waals surface area contributed by atoms with E-state index in [4.69, 9.17) is 0 Å². The van der Waals surface area contributed by atoms with E-state index in [9.17, 15) is 0 Å². The van der Waals surface area contributed by atoms with Gasteiger partial charge in [0, 0.05) is 17.2 Å². The summed E-state index contributed by atoms with van der Waals surface area (Å²) in [7, 11) is 0. The van der Waals surface area contributed by atoms with Gasteiger partial charge in [-0.3, -0.25) is 0 Å². The summed E-state index contributed by atoms with van der Waals surface area (Å²) in [5, 5.41) is 3.40. The van der Waals surface area contributed by atoms with Crippen LogP contribution in [0.4, 0.5) is 5.82 Å². The Morgan fingerprint density at radius 3 is 3.00 bits per heavy atom. The molecule has 94 valence electrons. The number of rotatable bonds is 4. The van der Waals surface area contributed by atoms with Crippen molar-refractivity contribution < 1.29 is 0 Å². The van der Waals surface area contributed by atoms with E-state index in [1.54, 1.807) is 0 Å². The number of anilines is 1. The predicted octanol–water partition coefficient (Wildman–Crippen LogP) is 4.47. The number of hydrogen-bond acceptors (Lipinski definition) is 2. The molecule has 1 saturated carbocycles. The molecule has 0 aliphatic heterocycles. The van der Waals surface area contributed by atoms with Crippen LogP contribution in [0.25, 0.3) is 0 Å². The molecule has 1 fully saturated rings. The second kappa shape index (κ2) is 6.39. The third-order valence-corrected chi connectivity index (χ3v) is 4.10. The van der Waals surface area contributed by atoms with Crippen LogP contribution >= 0.6 is 15.9 Å². The van der Waals surface area contributed by atoms with Crippen molar-refractivity contribution in [3.8, 4) is 0 Å². The van der Waals surface area contributed by atoms with Gasteiger partial charge < -0.3 is 5.32 Å². The Hall–Kier alpha value is -0.570. The van der Waals surface area contributed by atoms with E-state index < -0.39 is 0 Å². The van der Waals surface area contributed by atoms with E-state index in [0.29, 0.717) is 0 Å². The van der Waals surface area contributed by atoms with Crippen LogP contribution in [0.3, 0.4) is 0 Å². The SMILES string of the molecule is CC1CCCC(CCNc2ccc(Br)cn2)C1. The molecule has 1 aliphatic rings. The van der Waals surface area contributed by atoms with Gasteiger partial charge >= 0.3 is 0 Å². The van der Waals surface area contributed by atoms with Gasteiger partial charge in [-0.05, 0) is 52.7 Å². The molecule has 1 aromatic heterocycles. The van der Waals surface area contributed by atoms with E-state index in [0.717, 1.165) is 28.7 Å². The summed E-state index contributed by atoms with van der Waals surface area (Å²) in [6.45, 7) is 3.43. The predicted molar refractivity (Wildman–Crippen MR) is 76.2 cm³/mol. The molecule has 0 amide bonds. The molecule has 2 nitrogen and oxygen atoms in total. The van der Waals surface area contributed by atoms with Gasteiger partial charge in [0.2, 0.25) is 0 Å². The summed E-state index contributed by atoms with van der Waals surface area (Å²) >= 11 is 3.39. The molecule has 0 radical (unpaired) electrons. The second-order valence-electron chi connectivity index (χ2n) is 5.21. The fraction of sp³-hybridized carbons (Fsp3) is 0.643. The van der Waals surface area contributed by atoms with Crippen molar-refractivity contribution in [1.82, 2.24) is 4.98 Å². The summed E-state index contributed by atoms with van der Waals surface area (Å²) in [6.07, 6.45) is 8.79. The highest BCUT2D eigenvalue weighted by atomic mass is 79.9. The van der Waals surface area contributed by atoms with E-state index in [1.165, 1.54) is 32.1 Å². The smallest absolute Gasteiger partial charge is 0.125 e. The highest BCUT2D eigenvalue weighted by molar-refractivity contribution is 9.10. The van der Waals surface area contributed by atoms with E-state index >= 15 is 0 Å². The molecule has 2 rings (SSSR count). The molecule has 1 N–H and O–H groups in total. The molecular formula is C14H21BrN2. The minimum absolute atomic E-state index is 0.918. The number of pyridine rings is 1. The first-order chi connectivity index (χ1) is 8.24. The zero-order chi connectivity index (χ0) is 12.1. The molecule has 1 heterocycles. The Bertz CT molecular complexity index is 337. The van der Waals surface area contributed by atoms with Gasteiger partial charge in [0.15, 0.2) is 0 Å². The summed E-state index contributed by atoms with van der Waals surface area (Å²) < 4.78 is 1.03. The van der Waals surface area contributed by atoms with Crippen molar-refractivity contribution in [1.29, 1.82) is 0 Å². The fourth-order valence-electron chi connectivity index (χ4n) is 2.71. The fourth-order valence-corrected chi connectivity index (χ4v) is 2.94. The lowest BCUT2D eigenvalue weighted by molar-refractivity contribution is 0.274. The molecule has 1 aromatic rings. The Morgan fingerprint density at radius 2 is 2.29 bits per heavy atom. The van der Waals surface area contributed by atoms with Crippen LogP contribution in [0.1, 0.15) is 39.0 Å². The first-order valence-corrected chi connectivity index (χ1v) is 7.39. The summed E-state index contributed by atoms with van der Waals surface area (Å²) in [6, 6.07) is 4.05. The van der Waals surface area contributed by atoms with Crippen LogP contribution in [0.2, 0.25) is 0 Å². The number of nitrogens with one attached hydrogen (secondary N) is 1. The van der Waals surface area contributed by atoms with E-state index in [-0.39, 0.29) is 0 Å². The average molecular weight is 297 g/mol. The Balaban J connectivity index is 1.70. The lowest BCUT2D eigenvalue weighted by atomic mass is 9.81. The maximum atomic E-state index is 4.32. The van der Waals surface area contributed by atoms with Gasteiger partial charge in [-0.25, -0.2) is 4.98 Å². The normalized spacial score (nSPS) is 24.6. The molecule has 17 heavy (non-hydrogen) atoms. The topological polar surface area (TPSA) is 24.9 Å². The van der Waals surface area contributed by atoms with Crippen molar-refractivity contribution >= 4 is 21.7 Å². The lowest BCUT2D eigenvalue weighted by Crippen LogP contribution is -2.16. The maximum absolute atomic E-state index is 4.32. The number of hydrogen-bond donors (Lipinski definition) is 1. The largest absolute Gasteiger partial charge is 0.370 e. The van der Waals surface area contributed by atoms with Gasteiger partial charge in [-0.15, -0.1) is 0 Å². The molecule has 2 unspecified atom stereocenters. The number of nitrogens with zero attached hydrogens (tertiary/aromatic N) is 1. The Morgan fingerprint density at radius 1 is 1.41 bits per heavy atom. The molecule has 0 aromatic carbocycles. The van der Waals surface area contributed by atoms with Gasteiger partial charge in [0.25, 0.3) is 0 Å². The molecular weight excluding hydrogens is 276 g/mol. The highest BCUT2D eigenvalue weighted by Crippen LogP contribution is 2.30. The molecule has 0 bridgehead atoms. The summed E-state index contributed by atoms with van der Waals surface area (Å²) in [4.78, 5) is 4.32. The summed E-state index contributed by atoms with van der Waals surface area (Å²) in [5.74, 6) is 2.83. The van der Waals surface area contributed by atoms with Crippen LogP contribution in [-0.2, 0) is 0 Å². The molecule has 0 saturated heterocycles. The first-order valence-electron chi connectivity index (χ1n) is 6.59. The molecule has 0 spiro atoms. The van der Waals surface area contributed by atoms with Gasteiger partial charge in [0.1, 0.15) is 5.82 Å². The van der Waals surface area contributed by atoms with Gasteiger partial charge in [0.05, 0.1) is 0 Å². The maximum Gasteiger partial charge on any atom is 0.125 e. The van der Waals surface area contributed by atoms with Crippen molar-refractivity contribution in [3.63, 3.8) is 0 Å². The van der Waals surface area contributed by atoms with Crippen LogP contribution in [0, 0.1) is 11.8 Å². The van der Waals surface area contributed by atoms with Crippen molar-refractivity contribution in [3.05, 3.63) is 22.8 Å². The quantitative estimate of drug-likeness (QED) is 0.886. The van der Waals surface area contributed by atoms with Crippen LogP contribution in [-0.4, -0.2) is 11.5 Å². The number of halogens is 1. The van der Waals surface area contributed by atoms with Crippen molar-refractivity contribution in [2.45, 2.75) is 39.0 Å². The highest BCUT2D eigenvalue weighted by Gasteiger charge is 2.18. The average Bonchev–Trinajstić information content (AvgIpc) is 2.32. The molecule has 1 aliphatic carbocycles. The van der Waals surface area contributed by atoms with E-state index in [2.05, 4.69) is 33.2 Å². The zero-order valence-electron chi connectivity index (χ0n) is 10.5. The third kappa shape index (κ3) is 4.30.